The van der Waals surface area contributed by atoms with Crippen LogP contribution in [0.3, 0.4) is 0 Å². The summed E-state index contributed by atoms with van der Waals surface area (Å²) in [5, 5.41) is 6.35. The average Bonchev–Trinajstić information content (AvgIpc) is 3.37. The first-order valence-corrected chi connectivity index (χ1v) is 11.6. The number of nitrogens with two attached hydrogens (primary N) is 1. The van der Waals surface area contributed by atoms with E-state index in [-0.39, 0.29) is 18.0 Å². The summed E-state index contributed by atoms with van der Waals surface area (Å²) in [6.07, 6.45) is 4.31. The first-order chi connectivity index (χ1) is 16.6. The Balaban J connectivity index is 1.29. The van der Waals surface area contributed by atoms with Gasteiger partial charge in [-0.1, -0.05) is 0 Å². The Morgan fingerprint density at radius 1 is 1.00 bits per heavy atom. The summed E-state index contributed by atoms with van der Waals surface area (Å²) in [5.41, 5.74) is 9.01. The second kappa shape index (κ2) is 10.2. The smallest absolute Gasteiger partial charge is 0.227 e. The summed E-state index contributed by atoms with van der Waals surface area (Å²) in [6.45, 7) is 3.00. The number of ether oxygens (including phenoxy) is 3. The van der Waals surface area contributed by atoms with E-state index in [9.17, 15) is 4.39 Å². The zero-order chi connectivity index (χ0) is 23.3. The number of nitrogens with zero attached hydrogens (tertiary/aromatic N) is 2. The van der Waals surface area contributed by atoms with E-state index < -0.39 is 5.82 Å². The number of halogens is 1. The summed E-state index contributed by atoms with van der Waals surface area (Å²) in [7, 11) is 0. The Labute approximate surface area is 197 Å². The fourth-order valence-electron chi connectivity index (χ4n) is 4.08. The lowest BCUT2D eigenvalue weighted by atomic mass is 10.1. The van der Waals surface area contributed by atoms with Gasteiger partial charge in [-0.15, -0.1) is 0 Å². The molecule has 2 aromatic carbocycles. The maximum atomic E-state index is 14.2. The minimum atomic E-state index is -0.398. The molecule has 0 radical (unpaired) electrons. The number of hydrogen-bond donors (Lipinski definition) is 3. The van der Waals surface area contributed by atoms with Gasteiger partial charge in [0.2, 0.25) is 5.95 Å². The molecule has 0 amide bonds. The molecule has 4 N–H and O–H groups in total. The lowest BCUT2D eigenvalue weighted by Gasteiger charge is -2.24. The van der Waals surface area contributed by atoms with Crippen molar-refractivity contribution in [1.29, 1.82) is 0 Å². The van der Waals surface area contributed by atoms with Crippen molar-refractivity contribution in [3.63, 3.8) is 0 Å². The van der Waals surface area contributed by atoms with Gasteiger partial charge in [-0.25, -0.2) is 14.4 Å². The fourth-order valence-corrected chi connectivity index (χ4v) is 4.08. The maximum absolute atomic E-state index is 14.2. The molecule has 3 aromatic rings. The molecule has 1 aromatic heterocycles. The van der Waals surface area contributed by atoms with Gasteiger partial charge in [0.25, 0.3) is 0 Å². The van der Waals surface area contributed by atoms with Gasteiger partial charge in [-0.3, -0.25) is 0 Å². The normalized spacial score (nSPS) is 18.6. The SMILES string of the molecule is Nc1cc(-c2ccnc(Nc3ccc(F)c(OC4CCNC4)c3)n2)ccc1OC1CCOCC1. The third-order valence-electron chi connectivity index (χ3n) is 5.92. The molecule has 5 rings (SSSR count). The van der Waals surface area contributed by atoms with Crippen LogP contribution < -0.4 is 25.8 Å². The van der Waals surface area contributed by atoms with Crippen molar-refractivity contribution in [2.45, 2.75) is 31.5 Å². The predicted molar refractivity (Wildman–Crippen MR) is 128 cm³/mol. The summed E-state index contributed by atoms with van der Waals surface area (Å²) < 4.78 is 31.5. The quantitative estimate of drug-likeness (QED) is 0.452. The Morgan fingerprint density at radius 2 is 1.85 bits per heavy atom. The summed E-state index contributed by atoms with van der Waals surface area (Å²) in [6, 6.07) is 12.1. The zero-order valence-corrected chi connectivity index (χ0v) is 18.8. The van der Waals surface area contributed by atoms with Crippen LogP contribution in [0, 0.1) is 5.82 Å². The molecule has 8 nitrogen and oxygen atoms in total. The number of nitrogen functional groups attached to an aromatic ring is 1. The highest BCUT2D eigenvalue weighted by Gasteiger charge is 2.19. The minimum absolute atomic E-state index is 0.0341. The van der Waals surface area contributed by atoms with Crippen molar-refractivity contribution in [1.82, 2.24) is 15.3 Å². The van der Waals surface area contributed by atoms with Gasteiger partial charge in [0.15, 0.2) is 11.6 Å². The molecule has 1 atom stereocenters. The third kappa shape index (κ3) is 5.37. The van der Waals surface area contributed by atoms with Gasteiger partial charge in [0, 0.05) is 42.9 Å². The van der Waals surface area contributed by atoms with Gasteiger partial charge < -0.3 is 30.6 Å². The van der Waals surface area contributed by atoms with Crippen LogP contribution in [-0.2, 0) is 4.74 Å². The van der Waals surface area contributed by atoms with Gasteiger partial charge in [0.1, 0.15) is 18.0 Å². The van der Waals surface area contributed by atoms with E-state index in [1.807, 2.05) is 24.3 Å². The molecule has 0 aliphatic carbocycles. The second-order valence-electron chi connectivity index (χ2n) is 8.45. The molecule has 0 bridgehead atoms. The number of anilines is 3. The Bertz CT molecular complexity index is 1130. The molecule has 0 spiro atoms. The van der Waals surface area contributed by atoms with Gasteiger partial charge in [-0.05, 0) is 49.4 Å². The molecule has 2 fully saturated rings. The summed E-state index contributed by atoms with van der Waals surface area (Å²) in [4.78, 5) is 8.90. The van der Waals surface area contributed by atoms with Crippen LogP contribution >= 0.6 is 0 Å². The van der Waals surface area contributed by atoms with Crippen molar-refractivity contribution in [2.24, 2.45) is 0 Å². The first-order valence-electron chi connectivity index (χ1n) is 11.6. The van der Waals surface area contributed by atoms with E-state index >= 15 is 0 Å². The number of nitrogens with one attached hydrogen (secondary N) is 2. The largest absolute Gasteiger partial charge is 0.488 e. The van der Waals surface area contributed by atoms with E-state index in [4.69, 9.17) is 19.9 Å². The molecular formula is C25H28FN5O3. The lowest BCUT2D eigenvalue weighted by molar-refractivity contribution is 0.0259. The molecule has 1 unspecified atom stereocenters. The molecule has 3 heterocycles. The van der Waals surface area contributed by atoms with Crippen molar-refractivity contribution < 1.29 is 18.6 Å². The van der Waals surface area contributed by atoms with Crippen molar-refractivity contribution in [2.75, 3.05) is 37.4 Å². The Hall–Kier alpha value is -3.43. The molecule has 2 aliphatic heterocycles. The van der Waals surface area contributed by atoms with Crippen LogP contribution in [0.2, 0.25) is 0 Å². The number of hydrogen-bond acceptors (Lipinski definition) is 8. The molecular weight excluding hydrogens is 437 g/mol. The van der Waals surface area contributed by atoms with E-state index in [0.29, 0.717) is 48.5 Å². The fraction of sp³-hybridized carbons (Fsp3) is 0.360. The predicted octanol–water partition coefficient (Wildman–Crippen LogP) is 3.91. The average molecular weight is 466 g/mol. The first kappa shape index (κ1) is 22.4. The van der Waals surface area contributed by atoms with Crippen LogP contribution in [0.1, 0.15) is 19.3 Å². The van der Waals surface area contributed by atoms with Crippen LogP contribution in [0.15, 0.2) is 48.7 Å². The molecule has 2 saturated heterocycles. The molecule has 0 saturated carbocycles. The number of aromatic nitrogens is 2. The summed E-state index contributed by atoms with van der Waals surface area (Å²) in [5.74, 6) is 0.867. The van der Waals surface area contributed by atoms with Crippen LogP contribution in [0.4, 0.5) is 21.7 Å². The van der Waals surface area contributed by atoms with Crippen LogP contribution in [-0.4, -0.2) is 48.5 Å². The van der Waals surface area contributed by atoms with Gasteiger partial charge >= 0.3 is 0 Å². The zero-order valence-electron chi connectivity index (χ0n) is 18.8. The third-order valence-corrected chi connectivity index (χ3v) is 5.92. The van der Waals surface area contributed by atoms with Crippen molar-refractivity contribution >= 4 is 17.3 Å². The summed E-state index contributed by atoms with van der Waals surface area (Å²) >= 11 is 0. The maximum Gasteiger partial charge on any atom is 0.227 e. The van der Waals surface area contributed by atoms with Crippen molar-refractivity contribution in [3.8, 4) is 22.8 Å². The van der Waals surface area contributed by atoms with Crippen molar-refractivity contribution in [3.05, 3.63) is 54.5 Å². The molecule has 178 valence electrons. The van der Waals surface area contributed by atoms with Gasteiger partial charge in [-0.2, -0.15) is 0 Å². The number of benzene rings is 2. The lowest BCUT2D eigenvalue weighted by Crippen LogP contribution is -2.26. The Morgan fingerprint density at radius 3 is 2.65 bits per heavy atom. The molecule has 9 heteroatoms. The minimum Gasteiger partial charge on any atom is -0.488 e. The Kier molecular flexibility index (Phi) is 6.73. The molecule has 34 heavy (non-hydrogen) atoms. The van der Waals surface area contributed by atoms with E-state index in [2.05, 4.69) is 20.6 Å². The standard InChI is InChI=1S/C25H28FN5O3/c26-20-3-2-17(14-24(20)34-19-5-9-28-15-19)30-25-29-10-6-22(31-25)16-1-4-23(21(27)13-16)33-18-7-11-32-12-8-18/h1-4,6,10,13-14,18-19,28H,5,7-9,11-12,15,27H2,(H,29,30,31). The topological polar surface area (TPSA) is 104 Å². The highest BCUT2D eigenvalue weighted by molar-refractivity contribution is 5.69. The van der Waals surface area contributed by atoms with Crippen LogP contribution in [0.25, 0.3) is 11.3 Å². The van der Waals surface area contributed by atoms with Crippen LogP contribution in [0.5, 0.6) is 11.5 Å². The molecule has 2 aliphatic rings. The van der Waals surface area contributed by atoms with E-state index in [0.717, 1.165) is 31.4 Å². The van der Waals surface area contributed by atoms with E-state index in [1.165, 1.54) is 6.07 Å². The van der Waals surface area contributed by atoms with E-state index in [1.54, 1.807) is 18.3 Å². The highest BCUT2D eigenvalue weighted by Crippen LogP contribution is 2.31. The number of rotatable bonds is 7. The highest BCUT2D eigenvalue weighted by atomic mass is 19.1. The monoisotopic (exact) mass is 465 g/mol. The second-order valence-corrected chi connectivity index (χ2v) is 8.45. The van der Waals surface area contributed by atoms with Gasteiger partial charge in [0.05, 0.1) is 24.6 Å².